The highest BCUT2D eigenvalue weighted by molar-refractivity contribution is 8.00. The number of carbonyl (C=O) groups is 3. The van der Waals surface area contributed by atoms with Gasteiger partial charge in [-0.1, -0.05) is 0 Å². The van der Waals surface area contributed by atoms with Crippen LogP contribution < -0.4 is 5.32 Å². The summed E-state index contributed by atoms with van der Waals surface area (Å²) in [5, 5.41) is 11.1. The first-order valence-corrected chi connectivity index (χ1v) is 7.08. The third-order valence-corrected chi connectivity index (χ3v) is 3.61. The molecule has 1 rings (SSSR count). The monoisotopic (exact) mass is 290 g/mol. The average Bonchev–Trinajstić information content (AvgIpc) is 2.70. The zero-order valence-electron chi connectivity index (χ0n) is 10.8. The van der Waals surface area contributed by atoms with Crippen molar-refractivity contribution < 1.29 is 24.2 Å². The van der Waals surface area contributed by atoms with Crippen molar-refractivity contribution in [1.82, 2.24) is 10.2 Å². The number of methoxy groups -OCH3 is 1. The molecule has 0 saturated carbocycles. The van der Waals surface area contributed by atoms with E-state index >= 15 is 0 Å². The number of nitrogens with one attached hydrogen (secondary N) is 1. The molecule has 2 N–H and O–H groups in total. The van der Waals surface area contributed by atoms with Crippen molar-refractivity contribution in [2.45, 2.75) is 12.5 Å². The number of nitrogens with zero attached hydrogens (tertiary/aromatic N) is 1. The summed E-state index contributed by atoms with van der Waals surface area (Å²) in [5.41, 5.74) is 0. The van der Waals surface area contributed by atoms with Gasteiger partial charge in [-0.2, -0.15) is 0 Å². The van der Waals surface area contributed by atoms with Crippen LogP contribution in [0.1, 0.15) is 6.42 Å². The molecule has 0 aliphatic carbocycles. The van der Waals surface area contributed by atoms with Crippen molar-refractivity contribution in [3.8, 4) is 0 Å². The molecule has 1 aliphatic heterocycles. The second kappa shape index (κ2) is 8.00. The zero-order valence-corrected chi connectivity index (χ0v) is 11.6. The van der Waals surface area contributed by atoms with Crippen LogP contribution in [0.15, 0.2) is 0 Å². The van der Waals surface area contributed by atoms with Crippen LogP contribution in [-0.4, -0.2) is 72.1 Å². The minimum atomic E-state index is -0.939. The number of carbonyl (C=O) groups excluding carboxylic acids is 2. The van der Waals surface area contributed by atoms with E-state index in [9.17, 15) is 14.4 Å². The van der Waals surface area contributed by atoms with E-state index < -0.39 is 5.97 Å². The van der Waals surface area contributed by atoms with Gasteiger partial charge in [-0.15, -0.1) is 11.8 Å². The number of amides is 2. The Labute approximate surface area is 115 Å². The molecule has 0 radical (unpaired) electrons. The lowest BCUT2D eigenvalue weighted by atomic mass is 10.3. The molecule has 7 nitrogen and oxygen atoms in total. The molecular weight excluding hydrogens is 272 g/mol. The first-order valence-electron chi connectivity index (χ1n) is 5.92. The van der Waals surface area contributed by atoms with Gasteiger partial charge in [0.2, 0.25) is 5.91 Å². The molecule has 0 aromatic rings. The van der Waals surface area contributed by atoms with E-state index in [-0.39, 0.29) is 29.4 Å². The summed E-state index contributed by atoms with van der Waals surface area (Å²) in [5.74, 6) is -1.18. The number of likely N-dealkylation sites (tertiary alicyclic amines) is 1. The Balaban J connectivity index is 2.12. The second-order valence-corrected chi connectivity index (χ2v) is 5.06. The fraction of sp³-hybridized carbons (Fsp3) is 0.727. The molecule has 1 aliphatic rings. The van der Waals surface area contributed by atoms with Crippen molar-refractivity contribution in [2.75, 3.05) is 38.2 Å². The first-order chi connectivity index (χ1) is 9.04. The standard InChI is InChI=1S/C11H18N2O5S/c1-18-8-2-4-13(11(8)17)5-3-12-9(14)6-19-7-10(15)16/h8H,2-7H2,1H3,(H,12,14)(H,15,16). The normalized spacial score (nSPS) is 18.7. The van der Waals surface area contributed by atoms with Crippen molar-refractivity contribution in [2.24, 2.45) is 0 Å². The molecule has 1 atom stereocenters. The van der Waals surface area contributed by atoms with Crippen LogP contribution in [0.3, 0.4) is 0 Å². The Bertz CT molecular complexity index is 350. The average molecular weight is 290 g/mol. The van der Waals surface area contributed by atoms with Gasteiger partial charge in [-0.25, -0.2) is 0 Å². The molecule has 0 spiro atoms. The molecule has 2 amide bonds. The topological polar surface area (TPSA) is 95.9 Å². The lowest BCUT2D eigenvalue weighted by Crippen LogP contribution is -2.38. The van der Waals surface area contributed by atoms with Crippen molar-refractivity contribution in [3.63, 3.8) is 0 Å². The summed E-state index contributed by atoms with van der Waals surface area (Å²) in [6.45, 7) is 1.46. The molecule has 1 saturated heterocycles. The van der Waals surface area contributed by atoms with E-state index in [2.05, 4.69) is 5.32 Å². The second-order valence-electron chi connectivity index (χ2n) is 4.07. The van der Waals surface area contributed by atoms with Crippen molar-refractivity contribution >= 4 is 29.5 Å². The lowest BCUT2D eigenvalue weighted by Gasteiger charge is -2.16. The van der Waals surface area contributed by atoms with Crippen LogP contribution >= 0.6 is 11.8 Å². The summed E-state index contributed by atoms with van der Waals surface area (Å²) < 4.78 is 5.02. The van der Waals surface area contributed by atoms with E-state index in [0.717, 1.165) is 11.8 Å². The molecular formula is C11H18N2O5S. The highest BCUT2D eigenvalue weighted by Crippen LogP contribution is 2.12. The lowest BCUT2D eigenvalue weighted by molar-refractivity contribution is -0.136. The Kier molecular flexibility index (Phi) is 6.65. The minimum Gasteiger partial charge on any atom is -0.481 e. The maximum absolute atomic E-state index is 11.7. The highest BCUT2D eigenvalue weighted by Gasteiger charge is 2.30. The zero-order chi connectivity index (χ0) is 14.3. The molecule has 1 fully saturated rings. The molecule has 0 bridgehead atoms. The van der Waals surface area contributed by atoms with Gasteiger partial charge >= 0.3 is 5.97 Å². The van der Waals surface area contributed by atoms with Gasteiger partial charge in [0, 0.05) is 33.2 Å². The van der Waals surface area contributed by atoms with E-state index in [4.69, 9.17) is 9.84 Å². The molecule has 0 aromatic carbocycles. The molecule has 1 heterocycles. The number of thioether (sulfide) groups is 1. The summed E-state index contributed by atoms with van der Waals surface area (Å²) in [6.07, 6.45) is 0.319. The Hall–Kier alpha value is -1.28. The first kappa shape index (κ1) is 15.8. The number of aliphatic carboxylic acids is 1. The van der Waals surface area contributed by atoms with Gasteiger partial charge in [-0.3, -0.25) is 14.4 Å². The van der Waals surface area contributed by atoms with E-state index in [0.29, 0.717) is 26.1 Å². The van der Waals surface area contributed by atoms with Crippen LogP contribution in [0.25, 0.3) is 0 Å². The van der Waals surface area contributed by atoms with Gasteiger partial charge in [0.05, 0.1) is 11.5 Å². The molecule has 0 aromatic heterocycles. The predicted molar refractivity (Wildman–Crippen MR) is 70.0 cm³/mol. The van der Waals surface area contributed by atoms with Gasteiger partial charge < -0.3 is 20.1 Å². The smallest absolute Gasteiger partial charge is 0.313 e. The van der Waals surface area contributed by atoms with Gasteiger partial charge in [0.15, 0.2) is 0 Å². The van der Waals surface area contributed by atoms with Gasteiger partial charge in [-0.05, 0) is 0 Å². The fourth-order valence-corrected chi connectivity index (χ4v) is 2.33. The minimum absolute atomic E-state index is 0.0444. The SMILES string of the molecule is COC1CCN(CCNC(=O)CSCC(=O)O)C1=O. The third kappa shape index (κ3) is 5.48. The predicted octanol–water partition coefficient (Wildman–Crippen LogP) is -0.832. The number of carboxylic acids is 1. The maximum Gasteiger partial charge on any atom is 0.313 e. The summed E-state index contributed by atoms with van der Waals surface area (Å²) in [4.78, 5) is 34.9. The number of rotatable bonds is 8. The van der Waals surface area contributed by atoms with Crippen LogP contribution in [-0.2, 0) is 19.1 Å². The van der Waals surface area contributed by atoms with E-state index in [1.165, 1.54) is 7.11 Å². The van der Waals surface area contributed by atoms with Crippen molar-refractivity contribution in [1.29, 1.82) is 0 Å². The van der Waals surface area contributed by atoms with Crippen molar-refractivity contribution in [3.05, 3.63) is 0 Å². The van der Waals surface area contributed by atoms with Crippen LogP contribution in [0, 0.1) is 0 Å². The van der Waals surface area contributed by atoms with Crippen LogP contribution in [0.5, 0.6) is 0 Å². The molecule has 8 heteroatoms. The maximum atomic E-state index is 11.7. The highest BCUT2D eigenvalue weighted by atomic mass is 32.2. The summed E-state index contributed by atoms with van der Waals surface area (Å²) >= 11 is 1.04. The third-order valence-electron chi connectivity index (χ3n) is 2.70. The Morgan fingerprint density at radius 1 is 1.53 bits per heavy atom. The Morgan fingerprint density at radius 3 is 2.84 bits per heavy atom. The Morgan fingerprint density at radius 2 is 2.26 bits per heavy atom. The van der Waals surface area contributed by atoms with E-state index in [1.807, 2.05) is 0 Å². The van der Waals surface area contributed by atoms with Gasteiger partial charge in [0.25, 0.3) is 5.91 Å². The molecule has 108 valence electrons. The summed E-state index contributed by atoms with van der Waals surface area (Å²) in [6, 6.07) is 0. The van der Waals surface area contributed by atoms with E-state index in [1.54, 1.807) is 4.90 Å². The molecule has 1 unspecified atom stereocenters. The van der Waals surface area contributed by atoms with Crippen LogP contribution in [0.4, 0.5) is 0 Å². The largest absolute Gasteiger partial charge is 0.481 e. The number of ether oxygens (including phenoxy) is 1. The van der Waals surface area contributed by atoms with Crippen LogP contribution in [0.2, 0.25) is 0 Å². The summed E-state index contributed by atoms with van der Waals surface area (Å²) in [7, 11) is 1.51. The van der Waals surface area contributed by atoms with Gasteiger partial charge in [0.1, 0.15) is 6.10 Å². The fourth-order valence-electron chi connectivity index (χ4n) is 1.76. The molecule has 19 heavy (non-hydrogen) atoms. The number of hydrogen-bond acceptors (Lipinski definition) is 5. The quantitative estimate of drug-likeness (QED) is 0.605. The number of carboxylic acid groups (broad SMARTS) is 1. The number of hydrogen-bond donors (Lipinski definition) is 2.